The van der Waals surface area contributed by atoms with Crippen LogP contribution in [-0.4, -0.2) is 53.3 Å². The first-order valence-electron chi connectivity index (χ1n) is 9.56. The average Bonchev–Trinajstić information content (AvgIpc) is 2.92. The molecule has 0 radical (unpaired) electrons. The Hall–Kier alpha value is -1.88. The van der Waals surface area contributed by atoms with E-state index in [2.05, 4.69) is 52.3 Å². The Morgan fingerprint density at radius 1 is 0.885 bits per heavy atom. The van der Waals surface area contributed by atoms with Gasteiger partial charge in [-0.1, -0.05) is 42.5 Å². The SMILES string of the molecule is COc1ccc(CN2C[C@@H]3CC[C@@H](O)[C@H]2CN3Cc2ccccc2)cc1. The molecule has 3 atom stereocenters. The third-order valence-electron chi connectivity index (χ3n) is 5.87. The second-order valence-corrected chi connectivity index (χ2v) is 7.56. The van der Waals surface area contributed by atoms with Gasteiger partial charge < -0.3 is 9.84 Å². The van der Waals surface area contributed by atoms with Gasteiger partial charge in [0.05, 0.1) is 13.2 Å². The molecule has 4 nitrogen and oxygen atoms in total. The third kappa shape index (κ3) is 3.78. The summed E-state index contributed by atoms with van der Waals surface area (Å²) in [6.45, 7) is 3.84. The van der Waals surface area contributed by atoms with Gasteiger partial charge >= 0.3 is 0 Å². The van der Waals surface area contributed by atoms with Gasteiger partial charge in [0.25, 0.3) is 0 Å². The van der Waals surface area contributed by atoms with Gasteiger partial charge in [-0.3, -0.25) is 9.80 Å². The van der Waals surface area contributed by atoms with Crippen molar-refractivity contribution in [2.24, 2.45) is 0 Å². The van der Waals surface area contributed by atoms with Crippen LogP contribution in [0.5, 0.6) is 5.75 Å². The fourth-order valence-corrected chi connectivity index (χ4v) is 4.38. The molecule has 26 heavy (non-hydrogen) atoms. The number of methoxy groups -OCH3 is 1. The van der Waals surface area contributed by atoms with Gasteiger partial charge in [0.15, 0.2) is 0 Å². The van der Waals surface area contributed by atoms with Crippen LogP contribution < -0.4 is 4.74 Å². The van der Waals surface area contributed by atoms with Crippen molar-refractivity contribution < 1.29 is 9.84 Å². The number of hydrogen-bond acceptors (Lipinski definition) is 4. The molecule has 2 aromatic rings. The van der Waals surface area contributed by atoms with Crippen LogP contribution in [0, 0.1) is 0 Å². The Morgan fingerprint density at radius 2 is 1.58 bits per heavy atom. The molecule has 3 fully saturated rings. The van der Waals surface area contributed by atoms with Gasteiger partial charge in [0.1, 0.15) is 5.75 Å². The molecule has 1 N–H and O–H groups in total. The van der Waals surface area contributed by atoms with E-state index in [1.807, 2.05) is 12.1 Å². The Bertz CT molecular complexity index is 704. The molecule has 138 valence electrons. The number of piperazine rings is 1. The van der Waals surface area contributed by atoms with Crippen molar-refractivity contribution in [3.05, 3.63) is 65.7 Å². The number of hydrogen-bond donors (Lipinski definition) is 1. The molecule has 3 aliphatic rings. The highest BCUT2D eigenvalue weighted by atomic mass is 16.5. The van der Waals surface area contributed by atoms with Crippen LogP contribution in [0.4, 0.5) is 0 Å². The topological polar surface area (TPSA) is 35.9 Å². The second kappa shape index (κ2) is 7.78. The molecule has 0 aliphatic carbocycles. The number of benzene rings is 2. The zero-order valence-electron chi connectivity index (χ0n) is 15.4. The van der Waals surface area contributed by atoms with Gasteiger partial charge in [-0.15, -0.1) is 0 Å². The summed E-state index contributed by atoms with van der Waals surface area (Å²) in [6.07, 6.45) is 1.74. The van der Waals surface area contributed by atoms with Gasteiger partial charge in [-0.05, 0) is 36.1 Å². The quantitative estimate of drug-likeness (QED) is 0.898. The van der Waals surface area contributed by atoms with Crippen molar-refractivity contribution in [3.63, 3.8) is 0 Å². The lowest BCUT2D eigenvalue weighted by Crippen LogP contribution is -2.58. The van der Waals surface area contributed by atoms with Crippen LogP contribution in [0.3, 0.4) is 0 Å². The maximum Gasteiger partial charge on any atom is 0.118 e. The number of ether oxygens (including phenoxy) is 1. The molecule has 3 heterocycles. The number of fused-ring (bicyclic) bond motifs is 4. The molecule has 0 aromatic heterocycles. The number of aliphatic hydroxyl groups is 1. The first-order valence-corrected chi connectivity index (χ1v) is 9.56. The Kier molecular flexibility index (Phi) is 5.25. The van der Waals surface area contributed by atoms with Gasteiger partial charge in [0.2, 0.25) is 0 Å². The zero-order valence-corrected chi connectivity index (χ0v) is 15.4. The number of nitrogens with zero attached hydrogens (tertiary/aromatic N) is 2. The predicted molar refractivity (Wildman–Crippen MR) is 103 cm³/mol. The molecular formula is C22H28N2O2. The van der Waals surface area contributed by atoms with E-state index in [1.54, 1.807) is 7.11 Å². The van der Waals surface area contributed by atoms with Crippen molar-refractivity contribution in [1.29, 1.82) is 0 Å². The van der Waals surface area contributed by atoms with E-state index < -0.39 is 0 Å². The highest BCUT2D eigenvalue weighted by Crippen LogP contribution is 2.30. The molecule has 0 amide bonds. The molecule has 0 saturated carbocycles. The Labute approximate surface area is 156 Å². The van der Waals surface area contributed by atoms with Crippen LogP contribution in [0.2, 0.25) is 0 Å². The molecule has 0 spiro atoms. The first kappa shape index (κ1) is 17.5. The summed E-state index contributed by atoms with van der Waals surface area (Å²) in [5, 5.41) is 10.7. The largest absolute Gasteiger partial charge is 0.497 e. The summed E-state index contributed by atoms with van der Waals surface area (Å²) in [6, 6.07) is 19.7. The van der Waals surface area contributed by atoms with E-state index in [-0.39, 0.29) is 12.1 Å². The summed E-state index contributed by atoms with van der Waals surface area (Å²) < 4.78 is 5.26. The number of rotatable bonds is 5. The highest BCUT2D eigenvalue weighted by molar-refractivity contribution is 5.27. The van der Waals surface area contributed by atoms with Crippen LogP contribution in [0.25, 0.3) is 0 Å². The molecular weight excluding hydrogens is 324 g/mol. The molecule has 3 saturated heterocycles. The molecule has 2 bridgehead atoms. The average molecular weight is 352 g/mol. The molecule has 5 rings (SSSR count). The Balaban J connectivity index is 1.47. The summed E-state index contributed by atoms with van der Waals surface area (Å²) in [7, 11) is 1.69. The van der Waals surface area contributed by atoms with Crippen molar-refractivity contribution in [1.82, 2.24) is 9.80 Å². The molecule has 0 unspecified atom stereocenters. The van der Waals surface area contributed by atoms with Crippen LogP contribution in [0.15, 0.2) is 54.6 Å². The maximum atomic E-state index is 10.7. The van der Waals surface area contributed by atoms with Crippen molar-refractivity contribution >= 4 is 0 Å². The summed E-state index contributed by atoms with van der Waals surface area (Å²) in [4.78, 5) is 5.05. The van der Waals surface area contributed by atoms with Gasteiger partial charge in [-0.25, -0.2) is 0 Å². The van der Waals surface area contributed by atoms with E-state index in [9.17, 15) is 5.11 Å². The summed E-state index contributed by atoms with van der Waals surface area (Å²) in [5.41, 5.74) is 2.64. The van der Waals surface area contributed by atoms with Gasteiger partial charge in [0, 0.05) is 38.3 Å². The smallest absolute Gasteiger partial charge is 0.118 e. The number of aliphatic hydroxyl groups excluding tert-OH is 1. The van der Waals surface area contributed by atoms with Crippen LogP contribution in [0.1, 0.15) is 24.0 Å². The predicted octanol–water partition coefficient (Wildman–Crippen LogP) is 2.90. The lowest BCUT2D eigenvalue weighted by molar-refractivity contribution is -0.0114. The second-order valence-electron chi connectivity index (χ2n) is 7.56. The fourth-order valence-electron chi connectivity index (χ4n) is 4.38. The minimum atomic E-state index is -0.237. The van der Waals surface area contributed by atoms with Crippen molar-refractivity contribution in [2.45, 2.75) is 44.1 Å². The lowest BCUT2D eigenvalue weighted by atomic mass is 10.0. The van der Waals surface area contributed by atoms with E-state index in [0.29, 0.717) is 6.04 Å². The monoisotopic (exact) mass is 352 g/mol. The normalized spacial score (nSPS) is 26.6. The maximum absolute atomic E-state index is 10.7. The standard InChI is InChI=1S/C22H28N2O2/c1-26-20-10-7-18(8-11-20)14-24-15-19-9-12-22(25)21(24)16-23(19)13-17-5-3-2-4-6-17/h2-8,10-11,19,21-22,25H,9,12-16H2,1H3/t19-,21+,22+/m0/s1. The van der Waals surface area contributed by atoms with Crippen LogP contribution >= 0.6 is 0 Å². The summed E-state index contributed by atoms with van der Waals surface area (Å²) in [5.74, 6) is 0.889. The van der Waals surface area contributed by atoms with E-state index in [0.717, 1.165) is 44.8 Å². The third-order valence-corrected chi connectivity index (χ3v) is 5.87. The molecule has 3 aliphatic heterocycles. The molecule has 4 heteroatoms. The van der Waals surface area contributed by atoms with Gasteiger partial charge in [-0.2, -0.15) is 0 Å². The fraction of sp³-hybridized carbons (Fsp3) is 0.455. The van der Waals surface area contributed by atoms with E-state index in [4.69, 9.17) is 4.74 Å². The summed E-state index contributed by atoms with van der Waals surface area (Å²) >= 11 is 0. The van der Waals surface area contributed by atoms with Crippen molar-refractivity contribution in [3.8, 4) is 5.75 Å². The van der Waals surface area contributed by atoms with E-state index in [1.165, 1.54) is 11.1 Å². The minimum Gasteiger partial charge on any atom is -0.497 e. The van der Waals surface area contributed by atoms with Crippen LogP contribution in [-0.2, 0) is 13.1 Å². The lowest BCUT2D eigenvalue weighted by Gasteiger charge is -2.45. The van der Waals surface area contributed by atoms with E-state index >= 15 is 0 Å². The van der Waals surface area contributed by atoms with Crippen molar-refractivity contribution in [2.75, 3.05) is 20.2 Å². The highest BCUT2D eigenvalue weighted by Gasteiger charge is 2.40. The zero-order chi connectivity index (χ0) is 17.9. The first-order chi connectivity index (χ1) is 12.7. The Morgan fingerprint density at radius 3 is 2.31 bits per heavy atom. The minimum absolute atomic E-state index is 0.208. The molecule has 2 aromatic carbocycles.